The van der Waals surface area contributed by atoms with Gasteiger partial charge in [0.2, 0.25) is 5.91 Å². The molecule has 1 N–H and O–H groups in total. The topological polar surface area (TPSA) is 79.7 Å². The quantitative estimate of drug-likeness (QED) is 0.469. The van der Waals surface area contributed by atoms with Gasteiger partial charge in [-0.1, -0.05) is 50.5 Å². The average molecular weight is 427 g/mol. The van der Waals surface area contributed by atoms with E-state index in [0.717, 1.165) is 35.2 Å². The lowest BCUT2D eigenvalue weighted by Gasteiger charge is -2.18. The summed E-state index contributed by atoms with van der Waals surface area (Å²) in [5, 5.41) is 9.24. The lowest BCUT2D eigenvalue weighted by Crippen LogP contribution is -2.26. The minimum Gasteiger partial charge on any atom is -0.479 e. The van der Waals surface area contributed by atoms with E-state index in [1.807, 2.05) is 43.4 Å². The second kappa shape index (κ2) is 12.8. The molecule has 2 aromatic rings. The van der Waals surface area contributed by atoms with Crippen LogP contribution in [0.25, 0.3) is 11.3 Å². The third kappa shape index (κ3) is 8.13. The summed E-state index contributed by atoms with van der Waals surface area (Å²) in [6.45, 7) is 4.86. The molecule has 0 spiro atoms. The van der Waals surface area contributed by atoms with Crippen molar-refractivity contribution in [2.24, 2.45) is 0 Å². The summed E-state index contributed by atoms with van der Waals surface area (Å²) in [4.78, 5) is 29.9. The summed E-state index contributed by atoms with van der Waals surface area (Å²) in [6, 6.07) is 11.8. The number of hydrogen-bond donors (Lipinski definition) is 1. The summed E-state index contributed by atoms with van der Waals surface area (Å²) in [5.41, 5.74) is 3.64. The molecule has 1 atom stereocenters. The van der Waals surface area contributed by atoms with E-state index in [0.29, 0.717) is 19.6 Å². The van der Waals surface area contributed by atoms with Gasteiger partial charge in [-0.25, -0.2) is 4.79 Å². The van der Waals surface area contributed by atoms with Crippen LogP contribution in [0, 0.1) is 0 Å². The van der Waals surface area contributed by atoms with E-state index in [9.17, 15) is 14.7 Å². The molecular formula is C25H34N2O4. The molecule has 1 amide bonds. The Hall–Kier alpha value is -2.73. The molecule has 2 rings (SSSR count). The Morgan fingerprint density at radius 1 is 1.10 bits per heavy atom. The fourth-order valence-corrected chi connectivity index (χ4v) is 3.43. The molecule has 0 radical (unpaired) electrons. The van der Waals surface area contributed by atoms with Gasteiger partial charge in [0.1, 0.15) is 0 Å². The number of rotatable bonds is 13. The highest BCUT2D eigenvalue weighted by molar-refractivity contribution is 5.76. The molecule has 0 saturated heterocycles. The van der Waals surface area contributed by atoms with Crippen molar-refractivity contribution in [1.82, 2.24) is 9.88 Å². The number of nitrogens with zero attached hydrogens (tertiary/aromatic N) is 2. The first kappa shape index (κ1) is 24.5. The van der Waals surface area contributed by atoms with E-state index < -0.39 is 12.1 Å². The van der Waals surface area contributed by atoms with E-state index in [2.05, 4.69) is 11.9 Å². The zero-order valence-corrected chi connectivity index (χ0v) is 18.8. The van der Waals surface area contributed by atoms with E-state index in [4.69, 9.17) is 4.74 Å². The minimum atomic E-state index is -0.970. The summed E-state index contributed by atoms with van der Waals surface area (Å²) in [5.74, 6) is -0.797. The zero-order chi connectivity index (χ0) is 22.6. The molecule has 6 heteroatoms. The van der Waals surface area contributed by atoms with E-state index in [-0.39, 0.29) is 12.3 Å². The maximum atomic E-state index is 12.3. The second-order valence-electron chi connectivity index (χ2n) is 7.80. The highest BCUT2D eigenvalue weighted by Gasteiger charge is 2.18. The first-order chi connectivity index (χ1) is 14.9. The second-order valence-corrected chi connectivity index (χ2v) is 7.80. The van der Waals surface area contributed by atoms with Crippen LogP contribution in [0.2, 0.25) is 0 Å². The summed E-state index contributed by atoms with van der Waals surface area (Å²) in [6.07, 6.45) is 6.09. The molecule has 0 unspecified atom stereocenters. The Kier molecular flexibility index (Phi) is 10.2. The van der Waals surface area contributed by atoms with Crippen LogP contribution in [0.5, 0.6) is 0 Å². The van der Waals surface area contributed by atoms with Gasteiger partial charge >= 0.3 is 5.97 Å². The molecule has 0 aliphatic heterocycles. The fraction of sp³-hybridized carbons (Fsp3) is 0.480. The molecule has 0 aliphatic carbocycles. The van der Waals surface area contributed by atoms with Gasteiger partial charge in [0.05, 0.1) is 5.69 Å². The Bertz CT molecular complexity index is 836. The number of aliphatic carboxylic acids is 1. The van der Waals surface area contributed by atoms with Gasteiger partial charge in [0.15, 0.2) is 6.10 Å². The molecular weight excluding hydrogens is 392 g/mol. The monoisotopic (exact) mass is 426 g/mol. The van der Waals surface area contributed by atoms with Crippen molar-refractivity contribution in [3.05, 3.63) is 53.7 Å². The molecule has 1 heterocycles. The van der Waals surface area contributed by atoms with Crippen molar-refractivity contribution in [2.45, 2.75) is 65.0 Å². The molecule has 0 fully saturated rings. The number of pyridine rings is 1. The van der Waals surface area contributed by atoms with Crippen LogP contribution in [0.3, 0.4) is 0 Å². The van der Waals surface area contributed by atoms with Crippen LogP contribution in [0.15, 0.2) is 42.6 Å². The Morgan fingerprint density at radius 3 is 2.55 bits per heavy atom. The highest BCUT2D eigenvalue weighted by atomic mass is 16.5. The van der Waals surface area contributed by atoms with Crippen molar-refractivity contribution in [3.8, 4) is 11.3 Å². The molecule has 0 bridgehead atoms. The normalized spacial score (nSPS) is 11.8. The first-order valence-corrected chi connectivity index (χ1v) is 11.1. The maximum Gasteiger partial charge on any atom is 0.333 e. The van der Waals surface area contributed by atoms with Gasteiger partial charge in [-0.2, -0.15) is 0 Å². The lowest BCUT2D eigenvalue weighted by molar-refractivity contribution is -0.150. The third-order valence-corrected chi connectivity index (χ3v) is 5.20. The van der Waals surface area contributed by atoms with Gasteiger partial charge in [-0.05, 0) is 36.6 Å². The Balaban J connectivity index is 1.99. The predicted octanol–water partition coefficient (Wildman–Crippen LogP) is 4.71. The SMILES string of the molecule is CCCCCCC(=O)N(C)Cc1cccc(-c2ccc(C[C@H](OCC)C(=O)O)cn2)c1. The van der Waals surface area contributed by atoms with Crippen molar-refractivity contribution in [2.75, 3.05) is 13.7 Å². The van der Waals surface area contributed by atoms with E-state index >= 15 is 0 Å². The largest absolute Gasteiger partial charge is 0.479 e. The Labute approximate surface area is 185 Å². The molecule has 31 heavy (non-hydrogen) atoms. The van der Waals surface area contributed by atoms with Crippen LogP contribution < -0.4 is 0 Å². The van der Waals surface area contributed by atoms with Crippen molar-refractivity contribution in [1.29, 1.82) is 0 Å². The van der Waals surface area contributed by atoms with Gasteiger partial charge < -0.3 is 14.7 Å². The lowest BCUT2D eigenvalue weighted by atomic mass is 10.0. The maximum absolute atomic E-state index is 12.3. The summed E-state index contributed by atoms with van der Waals surface area (Å²) < 4.78 is 5.27. The zero-order valence-electron chi connectivity index (χ0n) is 18.8. The number of amides is 1. The number of unbranched alkanes of at least 4 members (excludes halogenated alkanes) is 3. The molecule has 6 nitrogen and oxygen atoms in total. The number of ether oxygens (including phenoxy) is 1. The van der Waals surface area contributed by atoms with Crippen LogP contribution in [-0.2, 0) is 27.3 Å². The van der Waals surface area contributed by atoms with Crippen LogP contribution in [0.4, 0.5) is 0 Å². The minimum absolute atomic E-state index is 0.172. The number of hydrogen-bond acceptors (Lipinski definition) is 4. The van der Waals surface area contributed by atoms with E-state index in [1.54, 1.807) is 18.0 Å². The molecule has 1 aromatic carbocycles. The standard InChI is InChI=1S/C25H34N2O4/c1-4-6-7-8-12-24(28)27(3)18-20-10-9-11-21(15-20)22-14-13-19(17-26-22)16-23(25(29)30)31-5-2/h9-11,13-15,17,23H,4-8,12,16,18H2,1-3H3,(H,29,30)/t23-/m0/s1. The number of carboxylic acids is 1. The Morgan fingerprint density at radius 2 is 1.90 bits per heavy atom. The van der Waals surface area contributed by atoms with Gasteiger partial charge in [-0.3, -0.25) is 9.78 Å². The molecule has 0 aliphatic rings. The number of aromatic nitrogens is 1. The van der Waals surface area contributed by atoms with Gasteiger partial charge in [0, 0.05) is 44.8 Å². The number of carbonyl (C=O) groups excluding carboxylic acids is 1. The van der Waals surface area contributed by atoms with Crippen molar-refractivity contribution < 1.29 is 19.4 Å². The molecule has 0 saturated carbocycles. The molecule has 168 valence electrons. The van der Waals surface area contributed by atoms with Gasteiger partial charge in [0.25, 0.3) is 0 Å². The van der Waals surface area contributed by atoms with Gasteiger partial charge in [-0.15, -0.1) is 0 Å². The predicted molar refractivity (Wildman–Crippen MR) is 122 cm³/mol. The third-order valence-electron chi connectivity index (χ3n) is 5.20. The van der Waals surface area contributed by atoms with E-state index in [1.165, 1.54) is 12.8 Å². The highest BCUT2D eigenvalue weighted by Crippen LogP contribution is 2.20. The average Bonchev–Trinajstić information content (AvgIpc) is 2.77. The van der Waals surface area contributed by atoms with Crippen LogP contribution in [0.1, 0.15) is 57.1 Å². The van der Waals surface area contributed by atoms with Crippen molar-refractivity contribution in [3.63, 3.8) is 0 Å². The molecule has 1 aromatic heterocycles. The van der Waals surface area contributed by atoms with Crippen molar-refractivity contribution >= 4 is 11.9 Å². The number of carbonyl (C=O) groups is 2. The summed E-state index contributed by atoms with van der Waals surface area (Å²) >= 11 is 0. The first-order valence-electron chi connectivity index (χ1n) is 11.1. The fourth-order valence-electron chi connectivity index (χ4n) is 3.43. The van der Waals surface area contributed by atoms with Crippen LogP contribution in [-0.4, -0.2) is 46.6 Å². The summed E-state index contributed by atoms with van der Waals surface area (Å²) in [7, 11) is 1.85. The van der Waals surface area contributed by atoms with Crippen LogP contribution >= 0.6 is 0 Å². The number of benzene rings is 1. The number of carboxylic acid groups (broad SMARTS) is 1. The smallest absolute Gasteiger partial charge is 0.333 e.